The molecule has 4 N–H and O–H groups in total. The van der Waals surface area contributed by atoms with Gasteiger partial charge in [-0.1, -0.05) is 48.5 Å². The molecule has 8 rings (SSSR count). The zero-order valence-corrected chi connectivity index (χ0v) is 38.0. The molecule has 0 fully saturated rings. The number of nitrogens with one attached hydrogen (secondary N) is 4. The minimum absolute atomic E-state index is 0.0618. The smallest absolute Gasteiger partial charge is 0.245 e. The number of aromatic nitrogens is 6. The van der Waals surface area contributed by atoms with Gasteiger partial charge in [0.15, 0.2) is 0 Å². The lowest BCUT2D eigenvalue weighted by molar-refractivity contribution is -0.121. The number of fused-ring (bicyclic) bond motifs is 2. The molecule has 0 aliphatic heterocycles. The molecule has 0 atom stereocenters. The molecule has 20 heteroatoms. The Labute approximate surface area is 381 Å². The van der Waals surface area contributed by atoms with E-state index in [4.69, 9.17) is 10.2 Å². The average molecular weight is 927 g/mol. The lowest BCUT2D eigenvalue weighted by Gasteiger charge is -2.14. The number of rotatable bonds is 17. The van der Waals surface area contributed by atoms with Crippen LogP contribution in [0.15, 0.2) is 134 Å². The third-order valence-electron chi connectivity index (χ3n) is 10.6. The van der Waals surface area contributed by atoms with Crippen molar-refractivity contribution < 1.29 is 26.4 Å². The fourth-order valence-corrected chi connectivity index (χ4v) is 7.81. The number of benzene rings is 4. The molecule has 0 bridgehead atoms. The summed E-state index contributed by atoms with van der Waals surface area (Å²) in [5.74, 6) is -0.0651. The van der Waals surface area contributed by atoms with Crippen LogP contribution in [-0.4, -0.2) is 93.1 Å². The molecule has 4 aromatic carbocycles. The molecular formula is C46H46N12O6S2. The van der Waals surface area contributed by atoms with E-state index in [0.717, 1.165) is 44.7 Å². The second-order valence-corrected chi connectivity index (χ2v) is 19.9. The van der Waals surface area contributed by atoms with Crippen molar-refractivity contribution in [3.8, 4) is 22.5 Å². The second kappa shape index (κ2) is 18.9. The summed E-state index contributed by atoms with van der Waals surface area (Å²) in [7, 11) is -3.60. The van der Waals surface area contributed by atoms with E-state index in [-0.39, 0.29) is 37.7 Å². The minimum atomic E-state index is -3.34. The number of anilines is 6. The van der Waals surface area contributed by atoms with Gasteiger partial charge in [0.1, 0.15) is 0 Å². The van der Waals surface area contributed by atoms with Crippen molar-refractivity contribution in [3.63, 3.8) is 0 Å². The van der Waals surface area contributed by atoms with Gasteiger partial charge in [0.05, 0.1) is 47.3 Å². The molecule has 4 heterocycles. The van der Waals surface area contributed by atoms with E-state index in [1.165, 1.54) is 35.2 Å². The first-order valence-electron chi connectivity index (χ1n) is 20.6. The number of sulfonamides is 2. The summed E-state index contributed by atoms with van der Waals surface area (Å²) in [4.78, 5) is 34.9. The van der Waals surface area contributed by atoms with Gasteiger partial charge in [-0.25, -0.2) is 44.4 Å². The first-order valence-corrected chi connectivity index (χ1v) is 24.3. The first kappa shape index (κ1) is 45.1. The normalized spacial score (nSPS) is 11.9. The molecule has 2 amide bonds. The summed E-state index contributed by atoms with van der Waals surface area (Å²) in [6.45, 7) is 0.463. The Morgan fingerprint density at radius 2 is 0.924 bits per heavy atom. The largest absolute Gasteiger partial charge is 0.326 e. The molecule has 0 aliphatic rings. The highest BCUT2D eigenvalue weighted by Crippen LogP contribution is 2.27. The van der Waals surface area contributed by atoms with Crippen LogP contribution in [0.2, 0.25) is 0 Å². The van der Waals surface area contributed by atoms with Crippen LogP contribution in [0.4, 0.5) is 34.6 Å². The molecule has 0 radical (unpaired) electrons. The molecular weight excluding hydrogens is 881 g/mol. The maximum atomic E-state index is 13.0. The van der Waals surface area contributed by atoms with Crippen LogP contribution in [-0.2, 0) is 42.7 Å². The average Bonchev–Trinajstić information content (AvgIpc) is 3.90. The molecule has 0 spiro atoms. The predicted octanol–water partition coefficient (Wildman–Crippen LogP) is 6.73. The van der Waals surface area contributed by atoms with Crippen molar-refractivity contribution >= 4 is 77.5 Å². The highest BCUT2D eigenvalue weighted by Gasteiger charge is 2.16. The van der Waals surface area contributed by atoms with Crippen LogP contribution in [0, 0.1) is 0 Å². The van der Waals surface area contributed by atoms with E-state index in [0.29, 0.717) is 34.6 Å². The summed E-state index contributed by atoms with van der Waals surface area (Å²) >= 11 is 0. The fraction of sp³-hybridized carbons (Fsp3) is 0.174. The molecule has 0 unspecified atom stereocenters. The van der Waals surface area contributed by atoms with Crippen molar-refractivity contribution in [1.82, 2.24) is 37.8 Å². The van der Waals surface area contributed by atoms with Gasteiger partial charge in [-0.15, -0.1) is 10.2 Å². The van der Waals surface area contributed by atoms with E-state index >= 15 is 0 Å². The second-order valence-electron chi connectivity index (χ2n) is 15.7. The number of nitrogens with zero attached hydrogens (tertiary/aromatic N) is 8. The van der Waals surface area contributed by atoms with Gasteiger partial charge in [-0.2, -0.15) is 0 Å². The monoisotopic (exact) mass is 926 g/mol. The summed E-state index contributed by atoms with van der Waals surface area (Å²) < 4.78 is 54.0. The summed E-state index contributed by atoms with van der Waals surface area (Å²) in [5.41, 5.74) is 8.77. The first-order chi connectivity index (χ1) is 31.5. The lowest BCUT2D eigenvalue weighted by Crippen LogP contribution is -2.24. The molecule has 0 saturated carbocycles. The van der Waals surface area contributed by atoms with Crippen molar-refractivity contribution in [1.29, 1.82) is 0 Å². The minimum Gasteiger partial charge on any atom is -0.326 e. The van der Waals surface area contributed by atoms with Crippen LogP contribution < -0.4 is 21.3 Å². The zero-order valence-electron chi connectivity index (χ0n) is 36.4. The maximum Gasteiger partial charge on any atom is 0.245 e. The maximum absolute atomic E-state index is 13.0. The van der Waals surface area contributed by atoms with Crippen LogP contribution in [0.5, 0.6) is 0 Å². The Bertz CT molecular complexity index is 3120. The van der Waals surface area contributed by atoms with Crippen LogP contribution in [0.1, 0.15) is 24.0 Å². The quantitative estimate of drug-likeness (QED) is 0.0748. The van der Waals surface area contributed by atoms with Gasteiger partial charge in [0, 0.05) is 73.9 Å². The zero-order chi connectivity index (χ0) is 46.6. The Morgan fingerprint density at radius 3 is 1.33 bits per heavy atom. The topological polar surface area (TPSA) is 217 Å². The van der Waals surface area contributed by atoms with E-state index in [1.807, 2.05) is 84.9 Å². The number of hydrogen-bond donors (Lipinski definition) is 4. The van der Waals surface area contributed by atoms with Gasteiger partial charge >= 0.3 is 0 Å². The third kappa shape index (κ3) is 11.0. The predicted molar refractivity (Wildman–Crippen MR) is 255 cm³/mol. The van der Waals surface area contributed by atoms with E-state index in [1.54, 1.807) is 57.8 Å². The SMILES string of the molecule is CN(Cc1cccc(-c2ccc3cnc(Nc4cccc(NC(=O)CCC(=O)Nc5cccc(Nc6ncc7ccc(-c8cccc(CN(C)S(C)(=O)=O)c8)n7n6)c5)c4)nn23)c1)S(C)(=O)=O. The number of carbonyl (C=O) groups excluding carboxylic acids is 2. The summed E-state index contributed by atoms with van der Waals surface area (Å²) in [6.07, 6.45) is 5.60. The van der Waals surface area contributed by atoms with Crippen LogP contribution in [0.3, 0.4) is 0 Å². The van der Waals surface area contributed by atoms with Gasteiger partial charge in [-0.3, -0.25) is 9.59 Å². The van der Waals surface area contributed by atoms with Gasteiger partial charge in [0.25, 0.3) is 0 Å². The molecule has 8 aromatic rings. The van der Waals surface area contributed by atoms with Gasteiger partial charge < -0.3 is 21.3 Å². The summed E-state index contributed by atoms with van der Waals surface area (Å²) in [6, 6.07) is 37.0. The van der Waals surface area contributed by atoms with Crippen molar-refractivity contribution in [2.75, 3.05) is 47.9 Å². The summed E-state index contributed by atoms with van der Waals surface area (Å²) in [5, 5.41) is 21.5. The number of carbonyl (C=O) groups is 2. The molecule has 4 aromatic heterocycles. The molecule has 66 heavy (non-hydrogen) atoms. The van der Waals surface area contributed by atoms with E-state index in [2.05, 4.69) is 31.2 Å². The Kier molecular flexibility index (Phi) is 12.9. The van der Waals surface area contributed by atoms with Gasteiger partial charge in [-0.05, 0) is 83.9 Å². The molecule has 0 saturated heterocycles. The van der Waals surface area contributed by atoms with Crippen LogP contribution in [0.25, 0.3) is 33.5 Å². The molecule has 338 valence electrons. The van der Waals surface area contributed by atoms with Crippen molar-refractivity contribution in [2.45, 2.75) is 25.9 Å². The Morgan fingerprint density at radius 1 is 0.530 bits per heavy atom. The standard InChI is InChI=1S/C46H46N12O6S2/c1-55(65(3,61)62)29-31-9-5-11-33(23-31)41-19-17-39-27-47-45(53-57(39)41)51-37-15-7-13-35(25-37)49-43(59)21-22-44(60)50-36-14-8-16-38(26-36)52-46-48-28-40-18-20-42(58(40)54-46)34-12-6-10-32(24-34)30-56(2)66(4,63)64/h5-20,23-28H,21-22,29-30H2,1-4H3,(H,49,59)(H,50,60)(H,51,53)(H,52,54). The van der Waals surface area contributed by atoms with E-state index in [9.17, 15) is 26.4 Å². The highest BCUT2D eigenvalue weighted by atomic mass is 32.2. The number of amides is 2. The van der Waals surface area contributed by atoms with Gasteiger partial charge in [0.2, 0.25) is 43.8 Å². The third-order valence-corrected chi connectivity index (χ3v) is 13.1. The van der Waals surface area contributed by atoms with Crippen molar-refractivity contribution in [3.05, 3.63) is 145 Å². The molecule has 0 aliphatic carbocycles. The van der Waals surface area contributed by atoms with E-state index < -0.39 is 20.0 Å². The lowest BCUT2D eigenvalue weighted by atomic mass is 10.1. The Hall–Kier alpha value is -7.52. The molecule has 18 nitrogen and oxygen atoms in total. The Balaban J connectivity index is 0.853. The van der Waals surface area contributed by atoms with Crippen LogP contribution >= 0.6 is 0 Å². The number of hydrogen-bond acceptors (Lipinski definition) is 12. The highest BCUT2D eigenvalue weighted by molar-refractivity contribution is 7.88. The fourth-order valence-electron chi connectivity index (χ4n) is 7.04. The van der Waals surface area contributed by atoms with Crippen molar-refractivity contribution in [2.24, 2.45) is 0 Å².